The quantitative estimate of drug-likeness (QED) is 0.928. The summed E-state index contributed by atoms with van der Waals surface area (Å²) in [5, 5.41) is 2.92. The van der Waals surface area contributed by atoms with Gasteiger partial charge in [-0.25, -0.2) is 0 Å². The molecule has 92 valence electrons. The summed E-state index contributed by atoms with van der Waals surface area (Å²) in [5.74, 6) is 0.873. The van der Waals surface area contributed by atoms with Gasteiger partial charge in [0.25, 0.3) is 5.91 Å². The lowest BCUT2D eigenvalue weighted by atomic mass is 10.1. The minimum Gasteiger partial charge on any atom is -0.496 e. The number of benzene rings is 1. The summed E-state index contributed by atoms with van der Waals surface area (Å²) in [6, 6.07) is 3.81. The highest BCUT2D eigenvalue weighted by molar-refractivity contribution is 9.10. The zero-order valence-corrected chi connectivity index (χ0v) is 11.3. The molecule has 1 amide bonds. The molecule has 0 saturated heterocycles. The molecule has 0 atom stereocenters. The highest BCUT2D eigenvalue weighted by Gasteiger charge is 2.27. The number of ether oxygens (including phenoxy) is 2. The Hall–Kier alpha value is -1.23. The number of carbonyl (C=O) groups is 1. The van der Waals surface area contributed by atoms with Gasteiger partial charge in [-0.3, -0.25) is 4.79 Å². The van der Waals surface area contributed by atoms with Crippen LogP contribution in [0.2, 0.25) is 0 Å². The van der Waals surface area contributed by atoms with Crippen LogP contribution in [0.25, 0.3) is 0 Å². The van der Waals surface area contributed by atoms with E-state index in [1.54, 1.807) is 12.1 Å². The molecular formula is C12H14BrNO3. The first-order valence-corrected chi connectivity index (χ1v) is 6.17. The van der Waals surface area contributed by atoms with E-state index in [4.69, 9.17) is 9.47 Å². The molecule has 0 bridgehead atoms. The van der Waals surface area contributed by atoms with Crippen molar-refractivity contribution >= 4 is 21.8 Å². The van der Waals surface area contributed by atoms with Crippen LogP contribution in [-0.4, -0.2) is 26.2 Å². The van der Waals surface area contributed by atoms with Gasteiger partial charge < -0.3 is 14.8 Å². The molecule has 4 nitrogen and oxygen atoms in total. The fourth-order valence-electron chi connectivity index (χ4n) is 1.59. The van der Waals surface area contributed by atoms with E-state index in [1.807, 2.05) is 0 Å². The van der Waals surface area contributed by atoms with E-state index < -0.39 is 0 Å². The molecule has 5 heteroatoms. The van der Waals surface area contributed by atoms with Gasteiger partial charge in [0.1, 0.15) is 17.1 Å². The van der Waals surface area contributed by atoms with Gasteiger partial charge in [-0.1, -0.05) is 15.9 Å². The second-order valence-electron chi connectivity index (χ2n) is 3.93. The third kappa shape index (κ3) is 2.72. The first-order chi connectivity index (χ1) is 8.15. The van der Waals surface area contributed by atoms with Gasteiger partial charge in [0.15, 0.2) is 0 Å². The van der Waals surface area contributed by atoms with Crippen LogP contribution in [0.1, 0.15) is 23.2 Å². The maximum absolute atomic E-state index is 12.1. The van der Waals surface area contributed by atoms with Gasteiger partial charge in [-0.05, 0) is 25.0 Å². The van der Waals surface area contributed by atoms with Crippen molar-refractivity contribution in [3.05, 3.63) is 22.2 Å². The molecule has 17 heavy (non-hydrogen) atoms. The molecule has 0 radical (unpaired) electrons. The second kappa shape index (κ2) is 4.96. The number of amides is 1. The van der Waals surface area contributed by atoms with Gasteiger partial charge >= 0.3 is 0 Å². The van der Waals surface area contributed by atoms with Crippen LogP contribution in [-0.2, 0) is 0 Å². The minimum absolute atomic E-state index is 0.145. The molecule has 0 unspecified atom stereocenters. The Morgan fingerprint density at radius 1 is 1.29 bits per heavy atom. The molecule has 1 fully saturated rings. The number of methoxy groups -OCH3 is 2. The lowest BCUT2D eigenvalue weighted by molar-refractivity contribution is 0.0945. The number of halogens is 1. The number of nitrogens with one attached hydrogen (secondary N) is 1. The SMILES string of the molecule is COc1cc(Br)cc(OC)c1C(=O)NC1CC1. The molecule has 0 aliphatic heterocycles. The van der Waals surface area contributed by atoms with Crippen LogP contribution in [0.3, 0.4) is 0 Å². The van der Waals surface area contributed by atoms with E-state index in [0.717, 1.165) is 17.3 Å². The van der Waals surface area contributed by atoms with Crippen molar-refractivity contribution in [1.82, 2.24) is 5.32 Å². The molecule has 0 aromatic heterocycles. The highest BCUT2D eigenvalue weighted by Crippen LogP contribution is 2.33. The summed E-state index contributed by atoms with van der Waals surface area (Å²) in [6.45, 7) is 0. The first-order valence-electron chi connectivity index (χ1n) is 5.38. The normalized spacial score (nSPS) is 14.3. The third-order valence-electron chi connectivity index (χ3n) is 2.61. The Morgan fingerprint density at radius 3 is 2.24 bits per heavy atom. The predicted molar refractivity (Wildman–Crippen MR) is 67.7 cm³/mol. The highest BCUT2D eigenvalue weighted by atomic mass is 79.9. The van der Waals surface area contributed by atoms with E-state index in [9.17, 15) is 4.79 Å². The van der Waals surface area contributed by atoms with E-state index in [-0.39, 0.29) is 5.91 Å². The van der Waals surface area contributed by atoms with Crippen molar-refractivity contribution in [2.45, 2.75) is 18.9 Å². The molecular weight excluding hydrogens is 286 g/mol. The third-order valence-corrected chi connectivity index (χ3v) is 3.07. The van der Waals surface area contributed by atoms with Crippen LogP contribution in [0.4, 0.5) is 0 Å². The zero-order chi connectivity index (χ0) is 12.4. The van der Waals surface area contributed by atoms with Crippen molar-refractivity contribution in [3.63, 3.8) is 0 Å². The van der Waals surface area contributed by atoms with Gasteiger partial charge in [0.05, 0.1) is 14.2 Å². The average Bonchev–Trinajstić information content (AvgIpc) is 3.11. The van der Waals surface area contributed by atoms with E-state index in [0.29, 0.717) is 23.1 Å². The van der Waals surface area contributed by atoms with E-state index in [1.165, 1.54) is 14.2 Å². The Bertz CT molecular complexity index is 418. The summed E-state index contributed by atoms with van der Waals surface area (Å²) in [7, 11) is 3.07. The van der Waals surface area contributed by atoms with Crippen molar-refractivity contribution in [2.75, 3.05) is 14.2 Å². The van der Waals surface area contributed by atoms with Crippen molar-refractivity contribution in [1.29, 1.82) is 0 Å². The molecule has 2 rings (SSSR count). The number of hydrogen-bond donors (Lipinski definition) is 1. The largest absolute Gasteiger partial charge is 0.496 e. The Morgan fingerprint density at radius 2 is 1.82 bits per heavy atom. The monoisotopic (exact) mass is 299 g/mol. The maximum atomic E-state index is 12.1. The number of rotatable bonds is 4. The van der Waals surface area contributed by atoms with Gasteiger partial charge in [0, 0.05) is 10.5 Å². The summed E-state index contributed by atoms with van der Waals surface area (Å²) in [4.78, 5) is 12.1. The Balaban J connectivity index is 2.37. The molecule has 0 heterocycles. The first kappa shape index (κ1) is 12.2. The van der Waals surface area contributed by atoms with E-state index >= 15 is 0 Å². The molecule has 1 aliphatic rings. The lowest BCUT2D eigenvalue weighted by Gasteiger charge is -2.13. The Labute approximate surface area is 108 Å². The van der Waals surface area contributed by atoms with Crippen LogP contribution in [0.5, 0.6) is 11.5 Å². The fourth-order valence-corrected chi connectivity index (χ4v) is 2.00. The standard InChI is InChI=1S/C12H14BrNO3/c1-16-9-5-7(13)6-10(17-2)11(9)12(15)14-8-3-4-8/h5-6,8H,3-4H2,1-2H3,(H,14,15). The molecule has 1 aliphatic carbocycles. The zero-order valence-electron chi connectivity index (χ0n) is 9.75. The van der Waals surface area contributed by atoms with E-state index in [2.05, 4.69) is 21.2 Å². The number of carbonyl (C=O) groups excluding carboxylic acids is 1. The van der Waals surface area contributed by atoms with Crippen molar-refractivity contribution in [2.24, 2.45) is 0 Å². The van der Waals surface area contributed by atoms with Gasteiger partial charge in [0.2, 0.25) is 0 Å². The maximum Gasteiger partial charge on any atom is 0.259 e. The summed E-state index contributed by atoms with van der Waals surface area (Å²) >= 11 is 3.35. The topological polar surface area (TPSA) is 47.6 Å². The molecule has 1 saturated carbocycles. The van der Waals surface area contributed by atoms with Gasteiger partial charge in [-0.15, -0.1) is 0 Å². The number of hydrogen-bond acceptors (Lipinski definition) is 3. The Kier molecular flexibility index (Phi) is 3.57. The molecule has 1 N–H and O–H groups in total. The van der Waals surface area contributed by atoms with Crippen LogP contribution in [0, 0.1) is 0 Å². The van der Waals surface area contributed by atoms with Crippen LogP contribution >= 0.6 is 15.9 Å². The minimum atomic E-state index is -0.145. The molecule has 1 aromatic rings. The summed E-state index contributed by atoms with van der Waals surface area (Å²) in [6.07, 6.45) is 2.10. The van der Waals surface area contributed by atoms with Crippen molar-refractivity contribution < 1.29 is 14.3 Å². The molecule has 1 aromatic carbocycles. The summed E-state index contributed by atoms with van der Waals surface area (Å²) < 4.78 is 11.3. The van der Waals surface area contributed by atoms with Crippen molar-refractivity contribution in [3.8, 4) is 11.5 Å². The average molecular weight is 300 g/mol. The van der Waals surface area contributed by atoms with Crippen LogP contribution in [0.15, 0.2) is 16.6 Å². The fraction of sp³-hybridized carbons (Fsp3) is 0.417. The predicted octanol–water partition coefficient (Wildman–Crippen LogP) is 2.36. The molecule has 0 spiro atoms. The lowest BCUT2D eigenvalue weighted by Crippen LogP contribution is -2.26. The van der Waals surface area contributed by atoms with Gasteiger partial charge in [-0.2, -0.15) is 0 Å². The smallest absolute Gasteiger partial charge is 0.259 e. The van der Waals surface area contributed by atoms with Crippen LogP contribution < -0.4 is 14.8 Å². The second-order valence-corrected chi connectivity index (χ2v) is 4.85. The summed E-state index contributed by atoms with van der Waals surface area (Å²) in [5.41, 5.74) is 0.449.